The van der Waals surface area contributed by atoms with Crippen LogP contribution in [0.5, 0.6) is 11.5 Å². The third kappa shape index (κ3) is 5.17. The molecule has 4 rings (SSSR count). The molecule has 0 aromatic heterocycles. The topological polar surface area (TPSA) is 79.9 Å². The van der Waals surface area contributed by atoms with Gasteiger partial charge in [-0.3, -0.25) is 14.5 Å². The normalized spacial score (nSPS) is 18.3. The van der Waals surface area contributed by atoms with Crippen molar-refractivity contribution < 1.29 is 19.1 Å². The van der Waals surface area contributed by atoms with Crippen LogP contribution in [0.2, 0.25) is 0 Å². The zero-order valence-corrected chi connectivity index (χ0v) is 17.9. The monoisotopic (exact) mass is 423 g/mol. The zero-order chi connectivity index (χ0) is 21.6. The first-order valence-electron chi connectivity index (χ1n) is 11.0. The zero-order valence-electron chi connectivity index (χ0n) is 17.9. The van der Waals surface area contributed by atoms with E-state index in [2.05, 4.69) is 27.7 Å². The van der Waals surface area contributed by atoms with Crippen LogP contribution >= 0.6 is 0 Å². The van der Waals surface area contributed by atoms with E-state index in [1.807, 2.05) is 13.0 Å². The number of anilines is 1. The number of likely N-dealkylation sites (tertiary alicyclic amines) is 1. The van der Waals surface area contributed by atoms with E-state index in [1.54, 1.807) is 24.3 Å². The molecular formula is C24H29N3O4. The van der Waals surface area contributed by atoms with Crippen LogP contribution < -0.4 is 20.1 Å². The minimum absolute atomic E-state index is 0.0886. The highest BCUT2D eigenvalue weighted by molar-refractivity contribution is 5.97. The van der Waals surface area contributed by atoms with Gasteiger partial charge in [0.15, 0.2) is 11.5 Å². The van der Waals surface area contributed by atoms with Gasteiger partial charge in [0, 0.05) is 30.3 Å². The van der Waals surface area contributed by atoms with Crippen molar-refractivity contribution in [2.45, 2.75) is 32.2 Å². The fraction of sp³-hybridized carbons (Fsp3) is 0.417. The Bertz CT molecular complexity index is 946. The summed E-state index contributed by atoms with van der Waals surface area (Å²) in [5.74, 6) is 1.34. The van der Waals surface area contributed by atoms with Crippen LogP contribution in [0.25, 0.3) is 0 Å². The molecule has 0 unspecified atom stereocenters. The predicted octanol–water partition coefficient (Wildman–Crippen LogP) is 3.37. The Morgan fingerprint density at radius 1 is 1.06 bits per heavy atom. The lowest BCUT2D eigenvalue weighted by Gasteiger charge is -2.25. The van der Waals surface area contributed by atoms with Crippen LogP contribution in [0.3, 0.4) is 0 Å². The molecule has 2 amide bonds. The van der Waals surface area contributed by atoms with Gasteiger partial charge in [-0.05, 0) is 62.2 Å². The fourth-order valence-electron chi connectivity index (χ4n) is 4.17. The Labute approximate surface area is 182 Å². The second kappa shape index (κ2) is 9.83. The summed E-state index contributed by atoms with van der Waals surface area (Å²) in [6, 6.07) is 13.3. The van der Waals surface area contributed by atoms with Crippen molar-refractivity contribution in [2.75, 3.05) is 38.2 Å². The highest BCUT2D eigenvalue weighted by atomic mass is 16.5. The van der Waals surface area contributed by atoms with E-state index < -0.39 is 0 Å². The van der Waals surface area contributed by atoms with Crippen molar-refractivity contribution in [3.8, 4) is 11.5 Å². The molecule has 2 aliphatic heterocycles. The summed E-state index contributed by atoms with van der Waals surface area (Å²) < 4.78 is 11.6. The molecule has 7 heteroatoms. The van der Waals surface area contributed by atoms with Crippen LogP contribution in [0.4, 0.5) is 5.69 Å². The lowest BCUT2D eigenvalue weighted by molar-refractivity contribution is -0.117. The Balaban J connectivity index is 1.41. The molecule has 0 saturated carbocycles. The smallest absolute Gasteiger partial charge is 0.251 e. The Kier molecular flexibility index (Phi) is 6.72. The third-order valence-electron chi connectivity index (χ3n) is 5.61. The van der Waals surface area contributed by atoms with E-state index in [0.717, 1.165) is 42.9 Å². The first kappa shape index (κ1) is 21.2. The SMILES string of the molecule is CCNC(=O)c1cccc(NC(=O)CN2CCC[C@@H]2c2ccc3c(c2)OCCCO3)c1. The average Bonchev–Trinajstić information content (AvgIpc) is 3.09. The number of carbonyl (C=O) groups is 2. The highest BCUT2D eigenvalue weighted by Crippen LogP contribution is 2.37. The van der Waals surface area contributed by atoms with E-state index >= 15 is 0 Å². The summed E-state index contributed by atoms with van der Waals surface area (Å²) in [4.78, 5) is 27.0. The van der Waals surface area contributed by atoms with Gasteiger partial charge >= 0.3 is 0 Å². The van der Waals surface area contributed by atoms with E-state index in [4.69, 9.17) is 9.47 Å². The molecule has 1 atom stereocenters. The van der Waals surface area contributed by atoms with Gasteiger partial charge < -0.3 is 20.1 Å². The molecule has 2 aliphatic rings. The molecular weight excluding hydrogens is 394 g/mol. The number of carbonyl (C=O) groups excluding carboxylic acids is 2. The highest BCUT2D eigenvalue weighted by Gasteiger charge is 2.28. The molecule has 2 aromatic rings. The number of amides is 2. The third-order valence-corrected chi connectivity index (χ3v) is 5.61. The van der Waals surface area contributed by atoms with E-state index in [-0.39, 0.29) is 17.9 Å². The van der Waals surface area contributed by atoms with E-state index in [9.17, 15) is 9.59 Å². The summed E-state index contributed by atoms with van der Waals surface area (Å²) in [6.45, 7) is 4.92. The molecule has 31 heavy (non-hydrogen) atoms. The number of hydrogen-bond acceptors (Lipinski definition) is 5. The largest absolute Gasteiger partial charge is 0.490 e. The number of ether oxygens (including phenoxy) is 2. The molecule has 164 valence electrons. The number of hydrogen-bond donors (Lipinski definition) is 2. The van der Waals surface area contributed by atoms with Gasteiger partial charge in [-0.2, -0.15) is 0 Å². The van der Waals surface area contributed by atoms with Crippen LogP contribution in [0.15, 0.2) is 42.5 Å². The van der Waals surface area contributed by atoms with Crippen molar-refractivity contribution >= 4 is 17.5 Å². The molecule has 2 heterocycles. The quantitative estimate of drug-likeness (QED) is 0.745. The van der Waals surface area contributed by atoms with Crippen molar-refractivity contribution in [2.24, 2.45) is 0 Å². The number of nitrogens with one attached hydrogen (secondary N) is 2. The van der Waals surface area contributed by atoms with Crippen LogP contribution in [-0.4, -0.2) is 49.6 Å². The lowest BCUT2D eigenvalue weighted by Crippen LogP contribution is -2.33. The first-order chi connectivity index (χ1) is 15.1. The minimum atomic E-state index is -0.146. The van der Waals surface area contributed by atoms with E-state index in [0.29, 0.717) is 37.6 Å². The summed E-state index contributed by atoms with van der Waals surface area (Å²) in [6.07, 6.45) is 2.92. The molecule has 1 saturated heterocycles. The summed E-state index contributed by atoms with van der Waals surface area (Å²) in [5.41, 5.74) is 2.30. The van der Waals surface area contributed by atoms with Gasteiger partial charge in [0.1, 0.15) is 0 Å². The first-order valence-corrected chi connectivity index (χ1v) is 11.0. The molecule has 0 aliphatic carbocycles. The number of fused-ring (bicyclic) bond motifs is 1. The lowest BCUT2D eigenvalue weighted by atomic mass is 10.0. The van der Waals surface area contributed by atoms with Crippen molar-refractivity contribution in [3.63, 3.8) is 0 Å². The summed E-state index contributed by atoms with van der Waals surface area (Å²) in [5, 5.41) is 5.70. The fourth-order valence-corrected chi connectivity index (χ4v) is 4.17. The standard InChI is InChI=1S/C24H29N3O4/c1-2-25-24(29)18-6-3-7-19(14-18)26-23(28)16-27-11-4-8-20(27)17-9-10-21-22(15-17)31-13-5-12-30-21/h3,6-7,9-10,14-15,20H,2,4-5,8,11-13,16H2,1H3,(H,25,29)(H,26,28)/t20-/m1/s1. The summed E-state index contributed by atoms with van der Waals surface area (Å²) in [7, 11) is 0. The Hall–Kier alpha value is -3.06. The van der Waals surface area contributed by atoms with E-state index in [1.165, 1.54) is 0 Å². The van der Waals surface area contributed by atoms with Crippen molar-refractivity contribution in [1.82, 2.24) is 10.2 Å². The van der Waals surface area contributed by atoms with Crippen LogP contribution in [-0.2, 0) is 4.79 Å². The van der Waals surface area contributed by atoms with Gasteiger partial charge in [-0.25, -0.2) is 0 Å². The Morgan fingerprint density at radius 3 is 2.74 bits per heavy atom. The number of benzene rings is 2. The molecule has 2 N–H and O–H groups in total. The Morgan fingerprint density at radius 2 is 1.90 bits per heavy atom. The number of rotatable bonds is 6. The molecule has 1 fully saturated rings. The summed E-state index contributed by atoms with van der Waals surface area (Å²) >= 11 is 0. The van der Waals surface area contributed by atoms with Gasteiger partial charge in [-0.15, -0.1) is 0 Å². The van der Waals surface area contributed by atoms with Gasteiger partial charge in [0.05, 0.1) is 19.8 Å². The predicted molar refractivity (Wildman–Crippen MR) is 119 cm³/mol. The maximum atomic E-state index is 12.7. The molecule has 0 bridgehead atoms. The van der Waals surface area contributed by atoms with Crippen molar-refractivity contribution in [1.29, 1.82) is 0 Å². The second-order valence-corrected chi connectivity index (χ2v) is 7.87. The van der Waals surface area contributed by atoms with Crippen molar-refractivity contribution in [3.05, 3.63) is 53.6 Å². The maximum absolute atomic E-state index is 12.7. The van der Waals surface area contributed by atoms with Crippen LogP contribution in [0, 0.1) is 0 Å². The molecule has 7 nitrogen and oxygen atoms in total. The van der Waals surface area contributed by atoms with Gasteiger partial charge in [-0.1, -0.05) is 12.1 Å². The molecule has 0 radical (unpaired) electrons. The average molecular weight is 424 g/mol. The van der Waals surface area contributed by atoms with Gasteiger partial charge in [0.2, 0.25) is 5.91 Å². The molecule has 2 aromatic carbocycles. The molecule has 0 spiro atoms. The van der Waals surface area contributed by atoms with Gasteiger partial charge in [0.25, 0.3) is 5.91 Å². The van der Waals surface area contributed by atoms with Crippen LogP contribution in [0.1, 0.15) is 48.1 Å². The second-order valence-electron chi connectivity index (χ2n) is 7.87. The maximum Gasteiger partial charge on any atom is 0.251 e. The number of nitrogens with zero attached hydrogens (tertiary/aromatic N) is 1. The minimum Gasteiger partial charge on any atom is -0.490 e.